The van der Waals surface area contributed by atoms with Crippen LogP contribution >= 0.6 is 11.3 Å². The molecule has 0 radical (unpaired) electrons. The quantitative estimate of drug-likeness (QED) is 0.516. The number of nitrogens with zero attached hydrogens (tertiary/aromatic N) is 1. The molecule has 0 unspecified atom stereocenters. The number of nitrogens with one attached hydrogen (secondary N) is 2. The maximum Gasteiger partial charge on any atom is 0.230 e. The van der Waals surface area contributed by atoms with E-state index in [1.807, 2.05) is 56.3 Å². The maximum absolute atomic E-state index is 12.3. The number of aliphatic hydroxyl groups excluding tert-OH is 1. The number of anilines is 1. The summed E-state index contributed by atoms with van der Waals surface area (Å²) in [6.07, 6.45) is 2.73. The van der Waals surface area contributed by atoms with Gasteiger partial charge in [-0.2, -0.15) is 0 Å². The molecule has 3 atom stereocenters. The molecule has 1 saturated heterocycles. The van der Waals surface area contributed by atoms with Crippen LogP contribution in [0.2, 0.25) is 0 Å². The molecule has 1 aliphatic rings. The molecule has 2 heterocycles. The number of thiazole rings is 1. The number of hydrogen-bond acceptors (Lipinski definition) is 5. The molecule has 3 aromatic rings. The fourth-order valence-electron chi connectivity index (χ4n) is 4.24. The minimum atomic E-state index is -0.478. The number of aryl methyl sites for hydroxylation is 2. The summed E-state index contributed by atoms with van der Waals surface area (Å²) in [4.78, 5) is 17.9. The van der Waals surface area contributed by atoms with Crippen LogP contribution in [0.25, 0.3) is 0 Å². The van der Waals surface area contributed by atoms with E-state index in [0.717, 1.165) is 46.1 Å². The number of aromatic nitrogens is 1. The normalized spacial score (nSPS) is 19.3. The standard InChI is InChI=1S/C25H29N3O2S/c1-16-23(26-17(2)31-16)15-24(29)28-20-10-8-18(9-11-20)14-21-12-13-22(27-21)25(30)19-6-4-3-5-7-19/h3-11,21-22,25,27,30H,12-15H2,1-2H3,(H,28,29)/t21-,22+,25+/m0/s1. The van der Waals surface area contributed by atoms with Crippen LogP contribution in [0.1, 0.15) is 45.7 Å². The minimum absolute atomic E-state index is 0.0450. The lowest BCUT2D eigenvalue weighted by molar-refractivity contribution is -0.115. The molecule has 3 N–H and O–H groups in total. The van der Waals surface area contributed by atoms with Crippen molar-refractivity contribution in [2.24, 2.45) is 0 Å². The Kier molecular flexibility index (Phi) is 6.80. The third-order valence-corrected chi connectivity index (χ3v) is 6.77. The zero-order chi connectivity index (χ0) is 21.8. The predicted molar refractivity (Wildman–Crippen MR) is 125 cm³/mol. The van der Waals surface area contributed by atoms with Gasteiger partial charge in [0.15, 0.2) is 0 Å². The van der Waals surface area contributed by atoms with Gasteiger partial charge in [0.25, 0.3) is 0 Å². The van der Waals surface area contributed by atoms with Crippen molar-refractivity contribution in [1.29, 1.82) is 0 Å². The van der Waals surface area contributed by atoms with Crippen LogP contribution in [0, 0.1) is 13.8 Å². The summed E-state index contributed by atoms with van der Waals surface area (Å²) in [6, 6.07) is 18.3. The highest BCUT2D eigenvalue weighted by Crippen LogP contribution is 2.27. The van der Waals surface area contributed by atoms with Gasteiger partial charge in [-0.05, 0) is 56.4 Å². The Morgan fingerprint density at radius 3 is 2.58 bits per heavy atom. The highest BCUT2D eigenvalue weighted by Gasteiger charge is 2.29. The molecule has 0 saturated carbocycles. The average Bonchev–Trinajstić information content (AvgIpc) is 3.35. The second kappa shape index (κ2) is 9.73. The topological polar surface area (TPSA) is 74.2 Å². The van der Waals surface area contributed by atoms with E-state index in [1.165, 1.54) is 5.56 Å². The molecule has 0 spiro atoms. The Labute approximate surface area is 187 Å². The third-order valence-electron chi connectivity index (χ3n) is 5.85. The summed E-state index contributed by atoms with van der Waals surface area (Å²) < 4.78 is 0. The number of hydrogen-bond donors (Lipinski definition) is 3. The first-order chi connectivity index (χ1) is 15.0. The summed E-state index contributed by atoms with van der Waals surface area (Å²) in [5.74, 6) is -0.0450. The molecule has 0 aliphatic carbocycles. The van der Waals surface area contributed by atoms with E-state index in [9.17, 15) is 9.90 Å². The van der Waals surface area contributed by atoms with Crippen molar-refractivity contribution in [1.82, 2.24) is 10.3 Å². The molecule has 1 aromatic heterocycles. The third kappa shape index (κ3) is 5.58. The van der Waals surface area contributed by atoms with Gasteiger partial charge in [0.1, 0.15) is 0 Å². The van der Waals surface area contributed by atoms with Gasteiger partial charge in [0.2, 0.25) is 5.91 Å². The summed E-state index contributed by atoms with van der Waals surface area (Å²) in [7, 11) is 0. The van der Waals surface area contributed by atoms with E-state index in [2.05, 4.69) is 27.8 Å². The van der Waals surface area contributed by atoms with Gasteiger partial charge in [0, 0.05) is 22.6 Å². The molecule has 1 amide bonds. The fraction of sp³-hybridized carbons (Fsp3) is 0.360. The maximum atomic E-state index is 12.3. The molecule has 5 nitrogen and oxygen atoms in total. The summed E-state index contributed by atoms with van der Waals surface area (Å²) in [5.41, 5.74) is 3.84. The zero-order valence-corrected chi connectivity index (χ0v) is 18.8. The highest BCUT2D eigenvalue weighted by molar-refractivity contribution is 7.11. The molecular weight excluding hydrogens is 406 g/mol. The van der Waals surface area contributed by atoms with Crippen molar-refractivity contribution in [2.75, 3.05) is 5.32 Å². The number of aliphatic hydroxyl groups is 1. The molecule has 6 heteroatoms. The van der Waals surface area contributed by atoms with E-state index >= 15 is 0 Å². The first-order valence-electron chi connectivity index (χ1n) is 10.8. The molecule has 0 bridgehead atoms. The van der Waals surface area contributed by atoms with Gasteiger partial charge < -0.3 is 15.7 Å². The molecule has 4 rings (SSSR count). The van der Waals surface area contributed by atoms with Crippen molar-refractivity contribution < 1.29 is 9.90 Å². The Bertz CT molecular complexity index is 1020. The second-order valence-corrected chi connectivity index (χ2v) is 9.67. The van der Waals surface area contributed by atoms with Crippen LogP contribution in [-0.2, 0) is 17.6 Å². The van der Waals surface area contributed by atoms with Crippen LogP contribution in [-0.4, -0.2) is 28.1 Å². The lowest BCUT2D eigenvalue weighted by atomic mass is 10.0. The zero-order valence-electron chi connectivity index (χ0n) is 18.0. The fourth-order valence-corrected chi connectivity index (χ4v) is 5.08. The van der Waals surface area contributed by atoms with Gasteiger partial charge in [-0.25, -0.2) is 4.98 Å². The molecule has 162 valence electrons. The number of benzene rings is 2. The molecule has 1 aliphatic heterocycles. The van der Waals surface area contributed by atoms with E-state index in [0.29, 0.717) is 12.5 Å². The van der Waals surface area contributed by atoms with Gasteiger partial charge >= 0.3 is 0 Å². The van der Waals surface area contributed by atoms with E-state index < -0.39 is 6.10 Å². The van der Waals surface area contributed by atoms with E-state index in [4.69, 9.17) is 0 Å². The molecular formula is C25H29N3O2S. The molecule has 2 aromatic carbocycles. The van der Waals surface area contributed by atoms with Crippen molar-refractivity contribution >= 4 is 22.9 Å². The van der Waals surface area contributed by atoms with E-state index in [1.54, 1.807) is 11.3 Å². The monoisotopic (exact) mass is 435 g/mol. The van der Waals surface area contributed by atoms with Crippen LogP contribution in [0.5, 0.6) is 0 Å². The number of carbonyl (C=O) groups excluding carboxylic acids is 1. The Hall–Kier alpha value is -2.54. The lowest BCUT2D eigenvalue weighted by Crippen LogP contribution is -2.35. The smallest absolute Gasteiger partial charge is 0.230 e. The van der Waals surface area contributed by atoms with Crippen molar-refractivity contribution in [3.8, 4) is 0 Å². The van der Waals surface area contributed by atoms with Gasteiger partial charge in [-0.3, -0.25) is 4.79 Å². The van der Waals surface area contributed by atoms with Crippen LogP contribution in [0.4, 0.5) is 5.69 Å². The SMILES string of the molecule is Cc1nc(CC(=O)Nc2ccc(C[C@@H]3CC[C@H]([C@H](O)c4ccccc4)N3)cc2)c(C)s1. The Balaban J connectivity index is 1.28. The van der Waals surface area contributed by atoms with Crippen molar-refractivity contribution in [3.05, 3.63) is 81.3 Å². The lowest BCUT2D eigenvalue weighted by Gasteiger charge is -2.20. The van der Waals surface area contributed by atoms with Gasteiger partial charge in [-0.1, -0.05) is 42.5 Å². The first-order valence-corrected chi connectivity index (χ1v) is 11.6. The Morgan fingerprint density at radius 1 is 1.16 bits per heavy atom. The highest BCUT2D eigenvalue weighted by atomic mass is 32.1. The van der Waals surface area contributed by atoms with Crippen LogP contribution in [0.15, 0.2) is 54.6 Å². The summed E-state index contributed by atoms with van der Waals surface area (Å²) >= 11 is 1.62. The van der Waals surface area contributed by atoms with Crippen molar-refractivity contribution in [3.63, 3.8) is 0 Å². The second-order valence-electron chi connectivity index (χ2n) is 8.26. The summed E-state index contributed by atoms with van der Waals surface area (Å²) in [6.45, 7) is 3.96. The van der Waals surface area contributed by atoms with Crippen LogP contribution < -0.4 is 10.6 Å². The Morgan fingerprint density at radius 2 is 1.90 bits per heavy atom. The largest absolute Gasteiger partial charge is 0.387 e. The number of amides is 1. The number of carbonyl (C=O) groups is 1. The average molecular weight is 436 g/mol. The van der Waals surface area contributed by atoms with Crippen LogP contribution in [0.3, 0.4) is 0 Å². The first kappa shape index (κ1) is 21.7. The summed E-state index contributed by atoms with van der Waals surface area (Å²) in [5, 5.41) is 18.2. The number of rotatable bonds is 7. The van der Waals surface area contributed by atoms with E-state index in [-0.39, 0.29) is 11.9 Å². The van der Waals surface area contributed by atoms with Gasteiger partial charge in [-0.15, -0.1) is 11.3 Å². The van der Waals surface area contributed by atoms with Crippen molar-refractivity contribution in [2.45, 2.75) is 57.7 Å². The predicted octanol–water partition coefficient (Wildman–Crippen LogP) is 4.34. The minimum Gasteiger partial charge on any atom is -0.387 e. The molecule has 31 heavy (non-hydrogen) atoms. The van der Waals surface area contributed by atoms with Gasteiger partial charge in [0.05, 0.1) is 23.2 Å². The molecule has 1 fully saturated rings.